The SMILES string of the molecule is COc1ccc(CCNS(=O)(=O)c2ccc(OCC(=O)N(C)Cc3ccccc3)cc2)cc1OC. The van der Waals surface area contributed by atoms with Crippen LogP contribution in [0.15, 0.2) is 77.7 Å². The van der Waals surface area contributed by atoms with Crippen molar-refractivity contribution in [1.29, 1.82) is 0 Å². The number of likely N-dealkylation sites (N-methyl/N-ethyl adjacent to an activating group) is 1. The van der Waals surface area contributed by atoms with Crippen LogP contribution >= 0.6 is 0 Å². The quantitative estimate of drug-likeness (QED) is 0.412. The number of methoxy groups -OCH3 is 2. The third-order valence-electron chi connectivity index (χ3n) is 5.34. The first-order valence-electron chi connectivity index (χ1n) is 11.0. The smallest absolute Gasteiger partial charge is 0.260 e. The maximum absolute atomic E-state index is 12.6. The van der Waals surface area contributed by atoms with E-state index in [4.69, 9.17) is 14.2 Å². The van der Waals surface area contributed by atoms with Gasteiger partial charge in [-0.1, -0.05) is 36.4 Å². The van der Waals surface area contributed by atoms with Gasteiger partial charge in [0, 0.05) is 20.1 Å². The summed E-state index contributed by atoms with van der Waals surface area (Å²) in [6.45, 7) is 0.562. The van der Waals surface area contributed by atoms with Crippen LogP contribution in [-0.4, -0.2) is 53.6 Å². The lowest BCUT2D eigenvalue weighted by Crippen LogP contribution is -2.30. The normalized spacial score (nSPS) is 11.1. The minimum atomic E-state index is -3.69. The van der Waals surface area contributed by atoms with E-state index in [2.05, 4.69) is 4.72 Å². The molecule has 0 aromatic heterocycles. The molecule has 0 atom stereocenters. The Morgan fingerprint density at radius 1 is 0.886 bits per heavy atom. The summed E-state index contributed by atoms with van der Waals surface area (Å²) in [7, 11) is 1.13. The molecule has 0 aliphatic rings. The third-order valence-corrected chi connectivity index (χ3v) is 6.82. The molecule has 0 saturated heterocycles. The van der Waals surface area contributed by atoms with Crippen molar-refractivity contribution < 1.29 is 27.4 Å². The van der Waals surface area contributed by atoms with Gasteiger partial charge in [0.25, 0.3) is 5.91 Å². The van der Waals surface area contributed by atoms with Crippen LogP contribution in [0.5, 0.6) is 17.2 Å². The van der Waals surface area contributed by atoms with Crippen molar-refractivity contribution in [2.24, 2.45) is 0 Å². The maximum atomic E-state index is 12.6. The van der Waals surface area contributed by atoms with Crippen LogP contribution in [-0.2, 0) is 27.8 Å². The van der Waals surface area contributed by atoms with Crippen molar-refractivity contribution in [3.05, 3.63) is 83.9 Å². The maximum Gasteiger partial charge on any atom is 0.260 e. The van der Waals surface area contributed by atoms with Crippen molar-refractivity contribution in [1.82, 2.24) is 9.62 Å². The summed E-state index contributed by atoms with van der Waals surface area (Å²) in [6.07, 6.45) is 0.486. The van der Waals surface area contributed by atoms with Crippen LogP contribution in [0.25, 0.3) is 0 Å². The zero-order chi connectivity index (χ0) is 25.3. The standard InChI is InChI=1S/C26H30N2O6S/c1-28(18-21-7-5-4-6-8-21)26(29)19-34-22-10-12-23(13-11-22)35(30,31)27-16-15-20-9-14-24(32-2)25(17-20)33-3/h4-14,17,27H,15-16,18-19H2,1-3H3. The third kappa shape index (κ3) is 7.46. The molecule has 0 aliphatic carbocycles. The lowest BCUT2D eigenvalue weighted by atomic mass is 10.1. The Labute approximate surface area is 206 Å². The highest BCUT2D eigenvalue weighted by Crippen LogP contribution is 2.27. The second kappa shape index (κ2) is 12.2. The number of hydrogen-bond acceptors (Lipinski definition) is 6. The van der Waals surface area contributed by atoms with E-state index in [1.807, 2.05) is 42.5 Å². The highest BCUT2D eigenvalue weighted by atomic mass is 32.2. The number of hydrogen-bond donors (Lipinski definition) is 1. The van der Waals surface area contributed by atoms with Gasteiger partial charge in [-0.2, -0.15) is 0 Å². The number of ether oxygens (including phenoxy) is 3. The van der Waals surface area contributed by atoms with Gasteiger partial charge in [0.2, 0.25) is 10.0 Å². The summed E-state index contributed by atoms with van der Waals surface area (Å²) in [5, 5.41) is 0. The first-order valence-corrected chi connectivity index (χ1v) is 12.5. The van der Waals surface area contributed by atoms with Gasteiger partial charge in [-0.05, 0) is 53.9 Å². The van der Waals surface area contributed by atoms with Gasteiger partial charge < -0.3 is 19.1 Å². The number of amides is 1. The largest absolute Gasteiger partial charge is 0.493 e. The van der Waals surface area contributed by atoms with Crippen LogP contribution in [0.3, 0.4) is 0 Å². The lowest BCUT2D eigenvalue weighted by Gasteiger charge is -2.17. The minimum absolute atomic E-state index is 0.115. The number of carbonyl (C=O) groups excluding carboxylic acids is 1. The summed E-state index contributed by atoms with van der Waals surface area (Å²) < 4.78 is 43.9. The molecule has 0 bridgehead atoms. The van der Waals surface area contributed by atoms with Gasteiger partial charge in [-0.15, -0.1) is 0 Å². The molecule has 1 amide bonds. The molecule has 3 aromatic rings. The van der Waals surface area contributed by atoms with Crippen molar-refractivity contribution in [2.75, 3.05) is 34.4 Å². The van der Waals surface area contributed by atoms with Crippen LogP contribution in [0.1, 0.15) is 11.1 Å². The summed E-state index contributed by atoms with van der Waals surface area (Å²) in [5.41, 5.74) is 1.94. The molecular weight excluding hydrogens is 468 g/mol. The Bertz CT molecular complexity index is 1210. The van der Waals surface area contributed by atoms with E-state index in [1.54, 1.807) is 32.2 Å². The van der Waals surface area contributed by atoms with Gasteiger partial charge in [-0.3, -0.25) is 4.79 Å². The van der Waals surface area contributed by atoms with Crippen LogP contribution in [0.2, 0.25) is 0 Å². The molecule has 0 aliphatic heterocycles. The van der Waals surface area contributed by atoms with E-state index in [0.29, 0.717) is 30.2 Å². The molecule has 0 saturated carbocycles. The van der Waals surface area contributed by atoms with Crippen molar-refractivity contribution in [2.45, 2.75) is 17.9 Å². The fraction of sp³-hybridized carbons (Fsp3) is 0.269. The van der Waals surface area contributed by atoms with E-state index in [-0.39, 0.29) is 24.0 Å². The summed E-state index contributed by atoms with van der Waals surface area (Å²) >= 11 is 0. The second-order valence-electron chi connectivity index (χ2n) is 7.83. The molecule has 3 rings (SSSR count). The Hall–Kier alpha value is -3.56. The van der Waals surface area contributed by atoms with E-state index < -0.39 is 10.0 Å². The molecular formula is C26H30N2O6S. The number of carbonyl (C=O) groups is 1. The number of sulfonamides is 1. The highest BCUT2D eigenvalue weighted by Gasteiger charge is 2.15. The van der Waals surface area contributed by atoms with E-state index >= 15 is 0 Å². The fourth-order valence-electron chi connectivity index (χ4n) is 3.36. The van der Waals surface area contributed by atoms with Crippen LogP contribution in [0, 0.1) is 0 Å². The molecule has 35 heavy (non-hydrogen) atoms. The molecule has 9 heteroatoms. The van der Waals surface area contributed by atoms with Crippen molar-refractivity contribution >= 4 is 15.9 Å². The van der Waals surface area contributed by atoms with Gasteiger partial charge in [0.1, 0.15) is 5.75 Å². The van der Waals surface area contributed by atoms with E-state index in [0.717, 1.165) is 11.1 Å². The van der Waals surface area contributed by atoms with E-state index in [1.165, 1.54) is 24.3 Å². The fourth-order valence-corrected chi connectivity index (χ4v) is 4.40. The first-order chi connectivity index (χ1) is 16.8. The molecule has 1 N–H and O–H groups in total. The van der Waals surface area contributed by atoms with Gasteiger partial charge in [-0.25, -0.2) is 13.1 Å². The molecule has 0 unspecified atom stereocenters. The van der Waals surface area contributed by atoms with Crippen molar-refractivity contribution in [3.8, 4) is 17.2 Å². The number of nitrogens with zero attached hydrogens (tertiary/aromatic N) is 1. The number of rotatable bonds is 12. The summed E-state index contributed by atoms with van der Waals surface area (Å²) in [4.78, 5) is 14.0. The molecule has 3 aromatic carbocycles. The Balaban J connectivity index is 1.49. The monoisotopic (exact) mass is 498 g/mol. The predicted octanol–water partition coefficient (Wildman–Crippen LogP) is 3.26. The first kappa shape index (κ1) is 26.1. The molecule has 0 fully saturated rings. The summed E-state index contributed by atoms with van der Waals surface area (Å²) in [6, 6.07) is 21.1. The van der Waals surface area contributed by atoms with Gasteiger partial charge in [0.15, 0.2) is 18.1 Å². The van der Waals surface area contributed by atoms with Gasteiger partial charge >= 0.3 is 0 Å². The average Bonchev–Trinajstić information content (AvgIpc) is 2.87. The average molecular weight is 499 g/mol. The molecule has 186 valence electrons. The zero-order valence-corrected chi connectivity index (χ0v) is 20.9. The van der Waals surface area contributed by atoms with Crippen molar-refractivity contribution in [3.63, 3.8) is 0 Å². The number of nitrogens with one attached hydrogen (secondary N) is 1. The molecule has 8 nitrogen and oxygen atoms in total. The Morgan fingerprint density at radius 3 is 2.23 bits per heavy atom. The van der Waals surface area contributed by atoms with Gasteiger partial charge in [0.05, 0.1) is 19.1 Å². The Kier molecular flexibility index (Phi) is 9.11. The molecule has 0 spiro atoms. The van der Waals surface area contributed by atoms with E-state index in [9.17, 15) is 13.2 Å². The number of benzene rings is 3. The Morgan fingerprint density at radius 2 is 1.57 bits per heavy atom. The minimum Gasteiger partial charge on any atom is -0.493 e. The second-order valence-corrected chi connectivity index (χ2v) is 9.60. The summed E-state index contributed by atoms with van der Waals surface area (Å²) in [5.74, 6) is 1.44. The molecule has 0 radical (unpaired) electrons. The lowest BCUT2D eigenvalue weighted by molar-refractivity contribution is -0.132. The highest BCUT2D eigenvalue weighted by molar-refractivity contribution is 7.89. The molecule has 0 heterocycles. The zero-order valence-electron chi connectivity index (χ0n) is 20.1. The predicted molar refractivity (Wildman–Crippen MR) is 133 cm³/mol. The topological polar surface area (TPSA) is 94.2 Å². The van der Waals surface area contributed by atoms with Crippen LogP contribution < -0.4 is 18.9 Å². The van der Waals surface area contributed by atoms with Crippen LogP contribution in [0.4, 0.5) is 0 Å².